The summed E-state index contributed by atoms with van der Waals surface area (Å²) in [7, 11) is 3.34. The molecule has 0 spiro atoms. The molecule has 8 heteroatoms. The van der Waals surface area contributed by atoms with Crippen molar-refractivity contribution in [3.8, 4) is 11.5 Å². The largest absolute Gasteiger partial charge is 0.497 e. The van der Waals surface area contributed by atoms with E-state index in [1.807, 2.05) is 24.3 Å². The molecule has 128 valence electrons. The van der Waals surface area contributed by atoms with Crippen LogP contribution in [0.15, 0.2) is 24.3 Å². The lowest BCUT2D eigenvalue weighted by atomic mass is 10.3. The number of benzene rings is 1. The predicted octanol–water partition coefficient (Wildman–Crippen LogP) is 2.97. The first-order chi connectivity index (χ1) is 11.7. The Kier molecular flexibility index (Phi) is 5.14. The molecular weight excluding hydrogens is 328 g/mol. The quantitative estimate of drug-likeness (QED) is 0.832. The second kappa shape index (κ2) is 7.48. The average Bonchev–Trinajstić information content (AvgIpc) is 3.35. The van der Waals surface area contributed by atoms with Crippen molar-refractivity contribution in [2.45, 2.75) is 18.8 Å². The lowest BCUT2D eigenvalue weighted by molar-refractivity contribution is 0.207. The molecule has 0 saturated heterocycles. The number of hydrogen-bond acceptors (Lipinski definition) is 6. The number of carbonyl (C=O) groups is 1. The number of carbonyl (C=O) groups excluding carboxylic acids is 1. The van der Waals surface area contributed by atoms with Crippen molar-refractivity contribution in [3.05, 3.63) is 29.3 Å². The molecule has 1 aliphatic rings. The highest BCUT2D eigenvalue weighted by molar-refractivity contribution is 7.15. The Balaban J connectivity index is 1.41. The summed E-state index contributed by atoms with van der Waals surface area (Å²) in [6, 6.07) is 7.11. The van der Waals surface area contributed by atoms with Gasteiger partial charge in [0, 0.05) is 13.0 Å². The number of aromatic nitrogens is 2. The van der Waals surface area contributed by atoms with Gasteiger partial charge in [-0.1, -0.05) is 11.3 Å². The Morgan fingerprint density at radius 3 is 2.67 bits per heavy atom. The predicted molar refractivity (Wildman–Crippen MR) is 92.0 cm³/mol. The van der Waals surface area contributed by atoms with Crippen molar-refractivity contribution in [2.24, 2.45) is 0 Å². The first-order valence-electron chi connectivity index (χ1n) is 7.78. The number of likely N-dealkylation sites (N-methyl/N-ethyl adjacent to an activating group) is 1. The molecule has 1 fully saturated rings. The fourth-order valence-electron chi connectivity index (χ4n) is 2.04. The number of amides is 2. The Morgan fingerprint density at radius 2 is 2.00 bits per heavy atom. The fraction of sp³-hybridized carbons (Fsp3) is 0.438. The third-order valence-corrected chi connectivity index (χ3v) is 4.68. The van der Waals surface area contributed by atoms with Crippen molar-refractivity contribution < 1.29 is 14.3 Å². The van der Waals surface area contributed by atoms with Crippen LogP contribution in [0, 0.1) is 0 Å². The number of rotatable bonds is 7. The maximum Gasteiger partial charge on any atom is 0.323 e. The molecular formula is C16H20N4O3S. The van der Waals surface area contributed by atoms with Crippen LogP contribution in [0.2, 0.25) is 0 Å². The van der Waals surface area contributed by atoms with Crippen LogP contribution in [0.3, 0.4) is 0 Å². The Morgan fingerprint density at radius 1 is 1.29 bits per heavy atom. The molecule has 1 aromatic heterocycles. The smallest absolute Gasteiger partial charge is 0.323 e. The van der Waals surface area contributed by atoms with Crippen molar-refractivity contribution >= 4 is 22.5 Å². The molecule has 0 atom stereocenters. The van der Waals surface area contributed by atoms with Gasteiger partial charge < -0.3 is 14.4 Å². The van der Waals surface area contributed by atoms with Gasteiger partial charge >= 0.3 is 6.03 Å². The molecule has 0 unspecified atom stereocenters. The van der Waals surface area contributed by atoms with E-state index in [9.17, 15) is 4.79 Å². The zero-order valence-electron chi connectivity index (χ0n) is 13.7. The van der Waals surface area contributed by atoms with Gasteiger partial charge in [0.15, 0.2) is 0 Å². The number of nitrogens with zero attached hydrogens (tertiary/aromatic N) is 3. The van der Waals surface area contributed by atoms with Crippen molar-refractivity contribution in [2.75, 3.05) is 32.6 Å². The molecule has 24 heavy (non-hydrogen) atoms. The third kappa shape index (κ3) is 4.35. The number of methoxy groups -OCH3 is 1. The molecule has 7 nitrogen and oxygen atoms in total. The Bertz CT molecular complexity index is 685. The molecule has 1 aromatic carbocycles. The first-order valence-corrected chi connectivity index (χ1v) is 8.59. The summed E-state index contributed by atoms with van der Waals surface area (Å²) < 4.78 is 10.7. The van der Waals surface area contributed by atoms with Crippen LogP contribution in [0.5, 0.6) is 11.5 Å². The zero-order valence-corrected chi connectivity index (χ0v) is 14.5. The molecule has 0 bridgehead atoms. The van der Waals surface area contributed by atoms with Crippen LogP contribution in [-0.4, -0.2) is 48.4 Å². The van der Waals surface area contributed by atoms with E-state index in [0.29, 0.717) is 24.2 Å². The van der Waals surface area contributed by atoms with Gasteiger partial charge in [-0.05, 0) is 37.1 Å². The number of hydrogen-bond donors (Lipinski definition) is 1. The lowest BCUT2D eigenvalue weighted by Crippen LogP contribution is -2.34. The van der Waals surface area contributed by atoms with Crippen LogP contribution in [0.25, 0.3) is 0 Å². The van der Waals surface area contributed by atoms with Gasteiger partial charge in [-0.3, -0.25) is 5.32 Å². The van der Waals surface area contributed by atoms with Crippen LogP contribution >= 0.6 is 11.3 Å². The summed E-state index contributed by atoms with van der Waals surface area (Å²) >= 11 is 1.45. The summed E-state index contributed by atoms with van der Waals surface area (Å²) in [5, 5.41) is 12.4. The molecule has 1 heterocycles. The number of ether oxygens (including phenoxy) is 2. The van der Waals surface area contributed by atoms with E-state index in [2.05, 4.69) is 15.5 Å². The second-order valence-electron chi connectivity index (χ2n) is 5.60. The molecule has 3 rings (SSSR count). The first kappa shape index (κ1) is 16.5. The standard InChI is InChI=1S/C16H20N4O3S/c1-20(9-10-23-13-7-5-12(22-2)6-8-13)16(21)17-15-19-18-14(24-15)11-3-4-11/h5-8,11H,3-4,9-10H2,1-2H3,(H,17,19,21). The topological polar surface area (TPSA) is 76.6 Å². The Hall–Kier alpha value is -2.35. The van der Waals surface area contributed by atoms with Gasteiger partial charge in [0.05, 0.1) is 13.7 Å². The van der Waals surface area contributed by atoms with E-state index in [1.165, 1.54) is 24.2 Å². The minimum atomic E-state index is -0.216. The summed E-state index contributed by atoms with van der Waals surface area (Å²) in [5.41, 5.74) is 0. The van der Waals surface area contributed by atoms with Crippen molar-refractivity contribution in [1.82, 2.24) is 15.1 Å². The van der Waals surface area contributed by atoms with Crippen LogP contribution in [-0.2, 0) is 0 Å². The highest BCUT2D eigenvalue weighted by atomic mass is 32.1. The minimum Gasteiger partial charge on any atom is -0.497 e. The number of urea groups is 1. The van der Waals surface area contributed by atoms with Crippen LogP contribution in [0.4, 0.5) is 9.93 Å². The average molecular weight is 348 g/mol. The van der Waals surface area contributed by atoms with E-state index in [1.54, 1.807) is 19.1 Å². The van der Waals surface area contributed by atoms with E-state index in [0.717, 1.165) is 16.5 Å². The molecule has 1 saturated carbocycles. The van der Waals surface area contributed by atoms with Gasteiger partial charge in [0.1, 0.15) is 23.1 Å². The maximum absolute atomic E-state index is 12.1. The van der Waals surface area contributed by atoms with E-state index in [-0.39, 0.29) is 6.03 Å². The second-order valence-corrected chi connectivity index (χ2v) is 6.60. The van der Waals surface area contributed by atoms with Gasteiger partial charge in [-0.2, -0.15) is 0 Å². The number of anilines is 1. The lowest BCUT2D eigenvalue weighted by Gasteiger charge is -2.17. The molecule has 0 aliphatic heterocycles. The Labute approximate surface area is 144 Å². The third-order valence-electron chi connectivity index (χ3n) is 3.68. The molecule has 0 radical (unpaired) electrons. The summed E-state index contributed by atoms with van der Waals surface area (Å²) in [5.74, 6) is 2.06. The maximum atomic E-state index is 12.1. The summed E-state index contributed by atoms with van der Waals surface area (Å²) in [4.78, 5) is 13.7. The molecule has 1 aliphatic carbocycles. The van der Waals surface area contributed by atoms with Gasteiger partial charge in [-0.15, -0.1) is 10.2 Å². The molecule has 2 amide bonds. The normalized spacial score (nSPS) is 13.4. The fourth-order valence-corrected chi connectivity index (χ4v) is 2.94. The van der Waals surface area contributed by atoms with Crippen LogP contribution < -0.4 is 14.8 Å². The monoisotopic (exact) mass is 348 g/mol. The SMILES string of the molecule is COc1ccc(OCCN(C)C(=O)Nc2nnc(C3CC3)s2)cc1. The van der Waals surface area contributed by atoms with Crippen molar-refractivity contribution in [3.63, 3.8) is 0 Å². The van der Waals surface area contributed by atoms with Gasteiger partial charge in [0.25, 0.3) is 0 Å². The molecule has 1 N–H and O–H groups in total. The molecule has 2 aromatic rings. The summed E-state index contributed by atoms with van der Waals surface area (Å²) in [6.07, 6.45) is 2.34. The van der Waals surface area contributed by atoms with Gasteiger partial charge in [0.2, 0.25) is 5.13 Å². The minimum absolute atomic E-state index is 0.216. The van der Waals surface area contributed by atoms with Gasteiger partial charge in [-0.25, -0.2) is 4.79 Å². The summed E-state index contributed by atoms with van der Waals surface area (Å²) in [6.45, 7) is 0.867. The zero-order chi connectivity index (χ0) is 16.9. The number of nitrogens with one attached hydrogen (secondary N) is 1. The van der Waals surface area contributed by atoms with E-state index in [4.69, 9.17) is 9.47 Å². The van der Waals surface area contributed by atoms with Crippen molar-refractivity contribution in [1.29, 1.82) is 0 Å². The highest BCUT2D eigenvalue weighted by Gasteiger charge is 2.27. The van der Waals surface area contributed by atoms with E-state index < -0.39 is 0 Å². The van der Waals surface area contributed by atoms with Crippen LogP contribution in [0.1, 0.15) is 23.8 Å². The highest BCUT2D eigenvalue weighted by Crippen LogP contribution is 2.42. The van der Waals surface area contributed by atoms with E-state index >= 15 is 0 Å².